The summed E-state index contributed by atoms with van der Waals surface area (Å²) in [5, 5.41) is 5.46. The normalized spacial score (nSPS) is 20.9. The molecule has 23 heavy (non-hydrogen) atoms. The van der Waals surface area contributed by atoms with Crippen LogP contribution in [0.1, 0.15) is 55.8 Å². The quantitative estimate of drug-likeness (QED) is 0.824. The van der Waals surface area contributed by atoms with Crippen LogP contribution in [0.3, 0.4) is 0 Å². The number of rotatable bonds is 2. The molecule has 1 aromatic carbocycles. The van der Waals surface area contributed by atoms with E-state index in [-0.39, 0.29) is 0 Å². The van der Waals surface area contributed by atoms with Crippen molar-refractivity contribution in [3.63, 3.8) is 0 Å². The van der Waals surface area contributed by atoms with E-state index in [0.717, 1.165) is 17.2 Å². The predicted octanol–water partition coefficient (Wildman–Crippen LogP) is 4.52. The Morgan fingerprint density at radius 1 is 1.13 bits per heavy atom. The lowest BCUT2D eigenvalue weighted by atomic mass is 9.98. The summed E-state index contributed by atoms with van der Waals surface area (Å²) in [5.74, 6) is 0.768. The predicted molar refractivity (Wildman–Crippen MR) is 96.3 cm³/mol. The minimum Gasteiger partial charge on any atom is -0.274 e. The third kappa shape index (κ3) is 4.12. The van der Waals surface area contributed by atoms with Crippen LogP contribution in [0.4, 0.5) is 0 Å². The fraction of sp³-hybridized carbons (Fsp3) is 0.474. The summed E-state index contributed by atoms with van der Waals surface area (Å²) in [4.78, 5) is 9.34. The maximum Gasteiger partial charge on any atom is 0.115 e. The SMILES string of the molecule is CC1(C)CC1c1ccc(SN)cc1.c1ncc2c(n1)CCCC2. The van der Waals surface area contributed by atoms with Crippen molar-refractivity contribution in [2.45, 2.75) is 56.8 Å². The fourth-order valence-corrected chi connectivity index (χ4v) is 3.53. The zero-order valence-electron chi connectivity index (χ0n) is 14.0. The first-order chi connectivity index (χ1) is 11.1. The van der Waals surface area contributed by atoms with Crippen molar-refractivity contribution >= 4 is 11.9 Å². The van der Waals surface area contributed by atoms with E-state index >= 15 is 0 Å². The molecule has 2 aromatic rings. The number of benzene rings is 1. The van der Waals surface area contributed by atoms with E-state index in [0.29, 0.717) is 5.41 Å². The highest BCUT2D eigenvalue weighted by molar-refractivity contribution is 7.97. The van der Waals surface area contributed by atoms with E-state index in [1.165, 1.54) is 54.5 Å². The van der Waals surface area contributed by atoms with Gasteiger partial charge in [-0.15, -0.1) is 0 Å². The first kappa shape index (κ1) is 16.5. The van der Waals surface area contributed by atoms with Crippen LogP contribution >= 0.6 is 11.9 Å². The number of nitrogens with two attached hydrogens (primary N) is 1. The van der Waals surface area contributed by atoms with Crippen LogP contribution in [-0.2, 0) is 12.8 Å². The Morgan fingerprint density at radius 2 is 1.83 bits per heavy atom. The maximum atomic E-state index is 5.46. The van der Waals surface area contributed by atoms with E-state index in [1.807, 2.05) is 6.20 Å². The molecule has 2 aliphatic rings. The van der Waals surface area contributed by atoms with Gasteiger partial charge in [0.05, 0.1) is 0 Å². The van der Waals surface area contributed by atoms with Crippen molar-refractivity contribution < 1.29 is 0 Å². The molecular weight excluding hydrogens is 302 g/mol. The minimum absolute atomic E-state index is 0.525. The Bertz CT molecular complexity index is 627. The highest BCUT2D eigenvalue weighted by Gasteiger charge is 2.46. The topological polar surface area (TPSA) is 51.8 Å². The Hall–Kier alpha value is -1.39. The summed E-state index contributed by atoms with van der Waals surface area (Å²) in [6.07, 6.45) is 9.84. The minimum atomic E-state index is 0.525. The smallest absolute Gasteiger partial charge is 0.115 e. The lowest BCUT2D eigenvalue weighted by molar-refractivity contribution is 0.621. The number of nitrogens with zero attached hydrogens (tertiary/aromatic N) is 2. The largest absolute Gasteiger partial charge is 0.274 e. The third-order valence-electron chi connectivity index (χ3n) is 4.92. The zero-order valence-corrected chi connectivity index (χ0v) is 14.8. The summed E-state index contributed by atoms with van der Waals surface area (Å²) >= 11 is 1.31. The Labute approximate surface area is 143 Å². The van der Waals surface area contributed by atoms with Crippen LogP contribution in [0.5, 0.6) is 0 Å². The second-order valence-corrected chi connectivity index (χ2v) is 7.84. The molecule has 0 amide bonds. The molecule has 0 bridgehead atoms. The molecule has 2 aliphatic carbocycles. The van der Waals surface area contributed by atoms with Gasteiger partial charge in [-0.05, 0) is 78.6 Å². The fourth-order valence-electron chi connectivity index (χ4n) is 3.24. The van der Waals surface area contributed by atoms with Crippen molar-refractivity contribution in [1.82, 2.24) is 9.97 Å². The summed E-state index contributed by atoms with van der Waals surface area (Å²) in [6, 6.07) is 8.62. The van der Waals surface area contributed by atoms with Crippen LogP contribution in [0.2, 0.25) is 0 Å². The molecule has 3 nitrogen and oxygen atoms in total. The molecule has 4 rings (SSSR count). The molecule has 1 heterocycles. The van der Waals surface area contributed by atoms with Crippen molar-refractivity contribution in [2.75, 3.05) is 0 Å². The first-order valence-electron chi connectivity index (χ1n) is 8.34. The van der Waals surface area contributed by atoms with Gasteiger partial charge in [-0.2, -0.15) is 0 Å². The van der Waals surface area contributed by atoms with Crippen molar-refractivity contribution in [3.8, 4) is 0 Å². The molecule has 2 N–H and O–H groups in total. The maximum absolute atomic E-state index is 5.46. The van der Waals surface area contributed by atoms with E-state index in [2.05, 4.69) is 48.1 Å². The number of aryl methyl sites for hydroxylation is 2. The van der Waals surface area contributed by atoms with Crippen molar-refractivity contribution in [3.05, 3.63) is 53.6 Å². The third-order valence-corrected chi connectivity index (χ3v) is 5.47. The van der Waals surface area contributed by atoms with E-state index in [9.17, 15) is 0 Å². The molecule has 0 aliphatic heterocycles. The summed E-state index contributed by atoms with van der Waals surface area (Å²) in [6.45, 7) is 4.65. The molecule has 0 spiro atoms. The van der Waals surface area contributed by atoms with Gasteiger partial charge in [0.1, 0.15) is 6.33 Å². The van der Waals surface area contributed by atoms with E-state index in [1.54, 1.807) is 6.33 Å². The lowest BCUT2D eigenvalue weighted by Crippen LogP contribution is -2.04. The molecule has 4 heteroatoms. The molecule has 1 saturated carbocycles. The van der Waals surface area contributed by atoms with Crippen LogP contribution in [0, 0.1) is 5.41 Å². The Balaban J connectivity index is 0.000000140. The first-order valence-corrected chi connectivity index (χ1v) is 9.22. The lowest BCUT2D eigenvalue weighted by Gasteiger charge is -2.11. The highest BCUT2D eigenvalue weighted by Crippen LogP contribution is 2.58. The van der Waals surface area contributed by atoms with Crippen LogP contribution in [0.15, 0.2) is 41.7 Å². The molecule has 122 valence electrons. The van der Waals surface area contributed by atoms with Gasteiger partial charge in [-0.1, -0.05) is 26.0 Å². The Kier molecular flexibility index (Phi) is 5.02. The van der Waals surface area contributed by atoms with Gasteiger partial charge in [-0.25, -0.2) is 9.97 Å². The van der Waals surface area contributed by atoms with Gasteiger partial charge in [-0.3, -0.25) is 5.14 Å². The number of fused-ring (bicyclic) bond motifs is 1. The molecule has 1 aromatic heterocycles. The summed E-state index contributed by atoms with van der Waals surface area (Å²) in [5.41, 5.74) is 4.61. The van der Waals surface area contributed by atoms with E-state index in [4.69, 9.17) is 5.14 Å². The van der Waals surface area contributed by atoms with Crippen LogP contribution in [0.25, 0.3) is 0 Å². The molecular formula is C19H25N3S. The van der Waals surface area contributed by atoms with Crippen LogP contribution in [-0.4, -0.2) is 9.97 Å². The van der Waals surface area contributed by atoms with Gasteiger partial charge in [0, 0.05) is 16.8 Å². The molecule has 0 saturated heterocycles. The molecule has 1 fully saturated rings. The monoisotopic (exact) mass is 327 g/mol. The summed E-state index contributed by atoms with van der Waals surface area (Å²) < 4.78 is 0. The van der Waals surface area contributed by atoms with Crippen molar-refractivity contribution in [1.29, 1.82) is 0 Å². The number of aromatic nitrogens is 2. The summed E-state index contributed by atoms with van der Waals surface area (Å²) in [7, 11) is 0. The van der Waals surface area contributed by atoms with Gasteiger partial charge in [0.15, 0.2) is 0 Å². The number of hydrogen-bond donors (Lipinski definition) is 1. The second kappa shape index (κ2) is 7.02. The molecule has 1 unspecified atom stereocenters. The van der Waals surface area contributed by atoms with Crippen molar-refractivity contribution in [2.24, 2.45) is 10.6 Å². The van der Waals surface area contributed by atoms with Gasteiger partial charge in [0.2, 0.25) is 0 Å². The second-order valence-electron chi connectivity index (χ2n) is 7.13. The zero-order chi connectivity index (χ0) is 16.3. The molecule has 0 radical (unpaired) electrons. The van der Waals surface area contributed by atoms with Gasteiger partial charge < -0.3 is 0 Å². The average molecular weight is 327 g/mol. The van der Waals surface area contributed by atoms with E-state index < -0.39 is 0 Å². The number of hydrogen-bond acceptors (Lipinski definition) is 4. The highest BCUT2D eigenvalue weighted by atomic mass is 32.2. The Morgan fingerprint density at radius 3 is 2.43 bits per heavy atom. The standard InChI is InChI=1S/C11H15NS.C8H10N2/c1-11(2)7-10(11)8-3-5-9(13-12)6-4-8;1-2-4-8-7(3-1)5-9-6-10-8/h3-6,10H,7,12H2,1-2H3;5-6H,1-4H2. The van der Waals surface area contributed by atoms with Gasteiger partial charge in [0.25, 0.3) is 0 Å². The molecule has 1 atom stereocenters. The van der Waals surface area contributed by atoms with Gasteiger partial charge >= 0.3 is 0 Å². The average Bonchev–Trinajstić information content (AvgIpc) is 3.24. The van der Waals surface area contributed by atoms with Crippen LogP contribution < -0.4 is 5.14 Å².